The first-order chi connectivity index (χ1) is 6.27. The highest BCUT2D eigenvalue weighted by Crippen LogP contribution is 2.20. The van der Waals surface area contributed by atoms with E-state index < -0.39 is 0 Å². The van der Waals surface area contributed by atoms with E-state index in [2.05, 4.69) is 18.6 Å². The zero-order valence-electron chi connectivity index (χ0n) is 7.91. The molecule has 0 heterocycles. The van der Waals surface area contributed by atoms with Crippen LogP contribution < -0.4 is 4.74 Å². The van der Waals surface area contributed by atoms with Crippen molar-refractivity contribution in [1.29, 1.82) is 0 Å². The maximum atomic E-state index is 9.90. The smallest absolute Gasteiger partial charge is 0.418 e. The molecule has 1 atom stereocenters. The van der Waals surface area contributed by atoms with Gasteiger partial charge in [-0.15, -0.1) is 0 Å². The lowest BCUT2D eigenvalue weighted by molar-refractivity contribution is 0.442. The normalized spacial score (nSPS) is 12.2. The summed E-state index contributed by atoms with van der Waals surface area (Å²) in [6.07, 6.45) is 1.11. The van der Waals surface area contributed by atoms with E-state index in [1.54, 1.807) is 12.1 Å². The molecule has 0 aliphatic carbocycles. The minimum absolute atomic E-state index is 0.544. The third kappa shape index (κ3) is 2.58. The molecule has 0 spiro atoms. The number of hydrogen-bond acceptors (Lipinski definition) is 2. The molecule has 1 unspecified atom stereocenters. The van der Waals surface area contributed by atoms with Crippen LogP contribution in [-0.4, -0.2) is 6.47 Å². The van der Waals surface area contributed by atoms with E-state index in [0.29, 0.717) is 11.7 Å². The molecule has 0 aliphatic rings. The summed E-state index contributed by atoms with van der Waals surface area (Å²) in [5.41, 5.74) is 1.26. The van der Waals surface area contributed by atoms with Crippen LogP contribution in [-0.2, 0) is 4.79 Å². The molecule has 0 aromatic heterocycles. The summed E-state index contributed by atoms with van der Waals surface area (Å²) in [6, 6.07) is 7.51. The fourth-order valence-electron chi connectivity index (χ4n) is 1.15. The van der Waals surface area contributed by atoms with Crippen molar-refractivity contribution in [3.8, 4) is 5.75 Å². The number of carbonyl (C=O) groups excluding carboxylic acids is 1. The molecule has 0 aliphatic heterocycles. The van der Waals surface area contributed by atoms with Crippen LogP contribution in [0, 0.1) is 0 Å². The summed E-state index contributed by atoms with van der Waals surface area (Å²) < 4.78 is 4.57. The van der Waals surface area contributed by atoms with Gasteiger partial charge in [-0.2, -0.15) is 0 Å². The van der Waals surface area contributed by atoms with Gasteiger partial charge in [-0.3, -0.25) is 0 Å². The van der Waals surface area contributed by atoms with E-state index in [4.69, 9.17) is 0 Å². The summed E-state index contributed by atoms with van der Waals surface area (Å²) in [4.78, 5) is 9.90. The topological polar surface area (TPSA) is 26.3 Å². The maximum absolute atomic E-state index is 9.90. The van der Waals surface area contributed by atoms with Gasteiger partial charge < -0.3 is 4.74 Å². The number of rotatable bonds is 4. The SMILES string of the molecule is CCC(C)c1ccc(O[C]=O)cc1. The highest BCUT2D eigenvalue weighted by Gasteiger charge is 2.02. The fourth-order valence-corrected chi connectivity index (χ4v) is 1.15. The summed E-state index contributed by atoms with van der Waals surface area (Å²) in [7, 11) is 0. The van der Waals surface area contributed by atoms with E-state index >= 15 is 0 Å². The molecule has 0 bridgehead atoms. The van der Waals surface area contributed by atoms with Crippen LogP contribution in [0.2, 0.25) is 0 Å². The van der Waals surface area contributed by atoms with Gasteiger partial charge in [0.05, 0.1) is 0 Å². The molecule has 2 heteroatoms. The quantitative estimate of drug-likeness (QED) is 0.706. The molecule has 0 amide bonds. The molecule has 2 nitrogen and oxygen atoms in total. The van der Waals surface area contributed by atoms with E-state index in [9.17, 15) is 4.79 Å². The number of benzene rings is 1. The Morgan fingerprint density at radius 2 is 2.00 bits per heavy atom. The second-order valence-electron chi connectivity index (χ2n) is 3.06. The molecule has 0 saturated heterocycles. The van der Waals surface area contributed by atoms with E-state index in [0.717, 1.165) is 6.42 Å². The van der Waals surface area contributed by atoms with Crippen molar-refractivity contribution >= 4 is 6.47 Å². The van der Waals surface area contributed by atoms with Crippen LogP contribution in [0.25, 0.3) is 0 Å². The maximum Gasteiger partial charge on any atom is 0.423 e. The average Bonchev–Trinajstić information content (AvgIpc) is 2.18. The zero-order chi connectivity index (χ0) is 9.68. The van der Waals surface area contributed by atoms with Crippen LogP contribution in [0.5, 0.6) is 5.75 Å². The molecule has 69 valence electrons. The molecular weight excluding hydrogens is 164 g/mol. The minimum Gasteiger partial charge on any atom is -0.418 e. The van der Waals surface area contributed by atoms with Gasteiger partial charge in [-0.05, 0) is 30.0 Å². The van der Waals surface area contributed by atoms with Crippen molar-refractivity contribution in [3.05, 3.63) is 29.8 Å². The van der Waals surface area contributed by atoms with Crippen molar-refractivity contribution in [2.24, 2.45) is 0 Å². The molecule has 0 N–H and O–H groups in total. The molecule has 0 fully saturated rings. The van der Waals surface area contributed by atoms with Gasteiger partial charge in [0, 0.05) is 0 Å². The number of ether oxygens (including phenoxy) is 1. The predicted octanol–water partition coefficient (Wildman–Crippen LogP) is 2.65. The van der Waals surface area contributed by atoms with E-state index in [1.165, 1.54) is 12.0 Å². The predicted molar refractivity (Wildman–Crippen MR) is 51.5 cm³/mol. The summed E-state index contributed by atoms with van der Waals surface area (Å²) in [6.45, 7) is 5.71. The third-order valence-corrected chi connectivity index (χ3v) is 2.22. The molecule has 0 saturated carbocycles. The van der Waals surface area contributed by atoms with Crippen LogP contribution in [0.4, 0.5) is 0 Å². The average molecular weight is 177 g/mol. The van der Waals surface area contributed by atoms with Gasteiger partial charge in [0.1, 0.15) is 5.75 Å². The largest absolute Gasteiger partial charge is 0.423 e. The molecule has 13 heavy (non-hydrogen) atoms. The van der Waals surface area contributed by atoms with Gasteiger partial charge in [0.15, 0.2) is 0 Å². The van der Waals surface area contributed by atoms with Gasteiger partial charge in [-0.25, -0.2) is 4.79 Å². The van der Waals surface area contributed by atoms with Crippen molar-refractivity contribution in [2.45, 2.75) is 26.2 Å². The van der Waals surface area contributed by atoms with E-state index in [-0.39, 0.29) is 0 Å². The molecule has 1 aromatic carbocycles. The standard InChI is InChI=1S/C11H13O2/c1-3-9(2)10-4-6-11(7-5-10)13-8-12/h4-7,9H,3H2,1-2H3. The third-order valence-electron chi connectivity index (χ3n) is 2.22. The molecule has 1 rings (SSSR count). The first-order valence-electron chi connectivity index (χ1n) is 4.42. The van der Waals surface area contributed by atoms with Crippen LogP contribution >= 0.6 is 0 Å². The van der Waals surface area contributed by atoms with Gasteiger partial charge >= 0.3 is 6.47 Å². The molecule has 1 radical (unpaired) electrons. The van der Waals surface area contributed by atoms with Crippen molar-refractivity contribution < 1.29 is 9.53 Å². The fraction of sp³-hybridized carbons (Fsp3) is 0.364. The first-order valence-corrected chi connectivity index (χ1v) is 4.42. The Morgan fingerprint density at radius 1 is 1.38 bits per heavy atom. The van der Waals surface area contributed by atoms with Crippen molar-refractivity contribution in [3.63, 3.8) is 0 Å². The summed E-state index contributed by atoms with van der Waals surface area (Å²) in [5.74, 6) is 1.09. The lowest BCUT2D eigenvalue weighted by Crippen LogP contribution is -1.92. The van der Waals surface area contributed by atoms with Gasteiger partial charge in [0.25, 0.3) is 0 Å². The second kappa shape index (κ2) is 4.65. The Hall–Kier alpha value is -1.31. The van der Waals surface area contributed by atoms with Crippen molar-refractivity contribution in [1.82, 2.24) is 0 Å². The van der Waals surface area contributed by atoms with Crippen molar-refractivity contribution in [2.75, 3.05) is 0 Å². The molecular formula is C11H13O2. The zero-order valence-corrected chi connectivity index (χ0v) is 7.91. The van der Waals surface area contributed by atoms with Gasteiger partial charge in [0.2, 0.25) is 0 Å². The van der Waals surface area contributed by atoms with E-state index in [1.807, 2.05) is 12.1 Å². The Labute approximate surface area is 78.5 Å². The lowest BCUT2D eigenvalue weighted by Gasteiger charge is -2.08. The summed E-state index contributed by atoms with van der Waals surface area (Å²) in [5, 5.41) is 0. The monoisotopic (exact) mass is 177 g/mol. The molecule has 1 aromatic rings. The first kappa shape index (κ1) is 9.78. The Morgan fingerprint density at radius 3 is 2.46 bits per heavy atom. The lowest BCUT2D eigenvalue weighted by atomic mass is 9.99. The highest BCUT2D eigenvalue weighted by atomic mass is 16.5. The number of hydrogen-bond donors (Lipinski definition) is 0. The minimum atomic E-state index is 0.544. The van der Waals surface area contributed by atoms with Crippen LogP contribution in [0.1, 0.15) is 31.7 Å². The Kier molecular flexibility index (Phi) is 3.50. The Bertz CT molecular complexity index is 264. The van der Waals surface area contributed by atoms with Crippen LogP contribution in [0.15, 0.2) is 24.3 Å². The summed E-state index contributed by atoms with van der Waals surface area (Å²) >= 11 is 0. The highest BCUT2D eigenvalue weighted by molar-refractivity contribution is 5.46. The van der Waals surface area contributed by atoms with Crippen LogP contribution in [0.3, 0.4) is 0 Å². The van der Waals surface area contributed by atoms with Gasteiger partial charge in [-0.1, -0.05) is 26.0 Å². The second-order valence-corrected chi connectivity index (χ2v) is 3.06. The Balaban J connectivity index is 2.74.